The number of carbonyl (C=O) groups excluding carboxylic acids is 1. The fourth-order valence-corrected chi connectivity index (χ4v) is 2.46. The number of rotatable bonds is 1. The zero-order chi connectivity index (χ0) is 10.3. The number of carbonyl (C=O) groups is 1. The van der Waals surface area contributed by atoms with Crippen LogP contribution in [0, 0.1) is 6.92 Å². The van der Waals surface area contributed by atoms with E-state index in [0.29, 0.717) is 12.2 Å². The molecule has 0 atom stereocenters. The molecule has 0 radical (unpaired) electrons. The molecule has 0 saturated carbocycles. The summed E-state index contributed by atoms with van der Waals surface area (Å²) in [5, 5.41) is 0. The van der Waals surface area contributed by atoms with Crippen molar-refractivity contribution < 1.29 is 9.53 Å². The molecular weight excluding hydrogens is 244 g/mol. The molecule has 2 nitrogen and oxygen atoms in total. The Morgan fingerprint density at radius 3 is 3.00 bits per heavy atom. The van der Waals surface area contributed by atoms with Crippen molar-refractivity contribution in [3.05, 3.63) is 39.4 Å². The molecule has 1 aliphatic heterocycles. The number of ether oxygens (including phenoxy) is 1. The molecule has 0 bridgehead atoms. The summed E-state index contributed by atoms with van der Waals surface area (Å²) >= 11 is 3.44. The number of halogens is 1. The van der Waals surface area contributed by atoms with E-state index >= 15 is 0 Å². The number of benzene rings is 1. The molecule has 0 N–H and O–H groups in total. The van der Waals surface area contributed by atoms with Crippen LogP contribution >= 0.6 is 15.9 Å². The maximum Gasteiger partial charge on any atom is 0.339 e. The summed E-state index contributed by atoms with van der Waals surface area (Å²) in [6, 6.07) is 1.92. The van der Waals surface area contributed by atoms with Gasteiger partial charge in [-0.25, -0.2) is 4.79 Å². The molecule has 1 aromatic carbocycles. The summed E-state index contributed by atoms with van der Waals surface area (Å²) in [6.07, 6.45) is 1.74. The van der Waals surface area contributed by atoms with Gasteiger partial charge in [-0.1, -0.05) is 28.6 Å². The first-order valence-electron chi connectivity index (χ1n) is 4.26. The summed E-state index contributed by atoms with van der Waals surface area (Å²) in [6.45, 7) is 6.01. The molecule has 0 aromatic heterocycles. The minimum Gasteiger partial charge on any atom is -0.457 e. The lowest BCUT2D eigenvalue weighted by atomic mass is 9.99. The second kappa shape index (κ2) is 3.24. The van der Waals surface area contributed by atoms with Crippen LogP contribution < -0.4 is 0 Å². The highest BCUT2D eigenvalue weighted by Gasteiger charge is 2.25. The Kier molecular flexibility index (Phi) is 2.19. The lowest BCUT2D eigenvalue weighted by molar-refractivity contribution is 0.0534. The molecule has 2 rings (SSSR count). The standard InChI is InChI=1S/C11H9BrO2/c1-3-8-6(2)10-7(4-9(8)12)5-14-11(10)13/h3-4H,1,5H2,2H3. The van der Waals surface area contributed by atoms with Gasteiger partial charge in [-0.2, -0.15) is 0 Å². The van der Waals surface area contributed by atoms with Crippen LogP contribution in [0.5, 0.6) is 0 Å². The Labute approximate surface area is 90.7 Å². The van der Waals surface area contributed by atoms with Crippen molar-refractivity contribution in [3.8, 4) is 0 Å². The van der Waals surface area contributed by atoms with Crippen molar-refractivity contribution >= 4 is 28.0 Å². The number of esters is 1. The predicted molar refractivity (Wildman–Crippen MR) is 58.1 cm³/mol. The van der Waals surface area contributed by atoms with Gasteiger partial charge < -0.3 is 4.74 Å². The van der Waals surface area contributed by atoms with Crippen LogP contribution in [-0.4, -0.2) is 5.97 Å². The molecule has 72 valence electrons. The first-order chi connectivity index (χ1) is 6.65. The maximum absolute atomic E-state index is 11.4. The topological polar surface area (TPSA) is 26.3 Å². The monoisotopic (exact) mass is 252 g/mol. The summed E-state index contributed by atoms with van der Waals surface area (Å²) in [5.41, 5.74) is 3.54. The first kappa shape index (κ1) is 9.46. The number of cyclic esters (lactones) is 1. The molecule has 0 saturated heterocycles. The fraction of sp³-hybridized carbons (Fsp3) is 0.182. The van der Waals surface area contributed by atoms with E-state index in [1.54, 1.807) is 6.08 Å². The lowest BCUT2D eigenvalue weighted by Crippen LogP contribution is -1.99. The third-order valence-corrected chi connectivity index (χ3v) is 3.08. The smallest absolute Gasteiger partial charge is 0.339 e. The quantitative estimate of drug-likeness (QED) is 0.719. The van der Waals surface area contributed by atoms with Crippen molar-refractivity contribution in [2.24, 2.45) is 0 Å². The van der Waals surface area contributed by atoms with Gasteiger partial charge in [0.25, 0.3) is 0 Å². The van der Waals surface area contributed by atoms with Crippen molar-refractivity contribution in [1.82, 2.24) is 0 Å². The summed E-state index contributed by atoms with van der Waals surface area (Å²) in [7, 11) is 0. The lowest BCUT2D eigenvalue weighted by Gasteiger charge is -2.07. The van der Waals surface area contributed by atoms with Gasteiger partial charge in [-0.15, -0.1) is 0 Å². The van der Waals surface area contributed by atoms with Crippen LogP contribution in [0.15, 0.2) is 17.1 Å². The molecule has 3 heteroatoms. The SMILES string of the molecule is C=Cc1c(Br)cc2c(c1C)C(=O)OC2. The van der Waals surface area contributed by atoms with Crippen LogP contribution in [0.1, 0.15) is 27.0 Å². The fourth-order valence-electron chi connectivity index (χ4n) is 1.72. The molecule has 0 spiro atoms. The minimum atomic E-state index is -0.229. The molecule has 1 aromatic rings. The van der Waals surface area contributed by atoms with Gasteiger partial charge in [0.05, 0.1) is 5.56 Å². The number of fused-ring (bicyclic) bond motifs is 1. The van der Waals surface area contributed by atoms with Crippen LogP contribution in [-0.2, 0) is 11.3 Å². The number of hydrogen-bond donors (Lipinski definition) is 0. The van der Waals surface area contributed by atoms with E-state index < -0.39 is 0 Å². The second-order valence-electron chi connectivity index (χ2n) is 3.21. The third-order valence-electron chi connectivity index (χ3n) is 2.43. The van der Waals surface area contributed by atoms with Gasteiger partial charge in [0.2, 0.25) is 0 Å². The minimum absolute atomic E-state index is 0.229. The van der Waals surface area contributed by atoms with E-state index in [4.69, 9.17) is 4.74 Å². The average molecular weight is 253 g/mol. The molecule has 1 aliphatic rings. The van der Waals surface area contributed by atoms with E-state index in [1.165, 1.54) is 0 Å². The molecule has 0 unspecified atom stereocenters. The van der Waals surface area contributed by atoms with Crippen molar-refractivity contribution in [2.75, 3.05) is 0 Å². The summed E-state index contributed by atoms with van der Waals surface area (Å²) in [4.78, 5) is 11.4. The molecule has 14 heavy (non-hydrogen) atoms. The Hall–Kier alpha value is -1.09. The second-order valence-corrected chi connectivity index (χ2v) is 4.07. The highest BCUT2D eigenvalue weighted by Crippen LogP contribution is 2.32. The predicted octanol–water partition coefficient (Wildman–Crippen LogP) is 3.07. The third kappa shape index (κ3) is 1.20. The maximum atomic E-state index is 11.4. The molecule has 0 aliphatic carbocycles. The molecule has 0 amide bonds. The Bertz CT molecular complexity index is 435. The summed E-state index contributed by atoms with van der Waals surface area (Å²) < 4.78 is 5.92. The van der Waals surface area contributed by atoms with Crippen molar-refractivity contribution in [1.29, 1.82) is 0 Å². The van der Waals surface area contributed by atoms with Crippen molar-refractivity contribution in [3.63, 3.8) is 0 Å². The van der Waals surface area contributed by atoms with Gasteiger partial charge in [0.15, 0.2) is 0 Å². The zero-order valence-electron chi connectivity index (χ0n) is 7.76. The van der Waals surface area contributed by atoms with Gasteiger partial charge in [-0.3, -0.25) is 0 Å². The van der Waals surface area contributed by atoms with Gasteiger partial charge in [0.1, 0.15) is 6.61 Å². The van der Waals surface area contributed by atoms with Gasteiger partial charge >= 0.3 is 5.97 Å². The van der Waals surface area contributed by atoms with E-state index in [1.807, 2.05) is 13.0 Å². The van der Waals surface area contributed by atoms with Crippen LogP contribution in [0.25, 0.3) is 6.08 Å². The Morgan fingerprint density at radius 2 is 2.36 bits per heavy atom. The molecular formula is C11H9BrO2. The van der Waals surface area contributed by atoms with Gasteiger partial charge in [0, 0.05) is 10.0 Å². The average Bonchev–Trinajstić information content (AvgIpc) is 2.48. The summed E-state index contributed by atoms with van der Waals surface area (Å²) in [5.74, 6) is -0.229. The zero-order valence-corrected chi connectivity index (χ0v) is 9.35. The van der Waals surface area contributed by atoms with Crippen LogP contribution in [0.2, 0.25) is 0 Å². The van der Waals surface area contributed by atoms with E-state index in [0.717, 1.165) is 21.2 Å². The first-order valence-corrected chi connectivity index (χ1v) is 5.06. The van der Waals surface area contributed by atoms with E-state index in [2.05, 4.69) is 22.5 Å². The normalized spacial score (nSPS) is 13.7. The highest BCUT2D eigenvalue weighted by atomic mass is 79.9. The van der Waals surface area contributed by atoms with Gasteiger partial charge in [-0.05, 0) is 24.1 Å². The molecule has 0 fully saturated rings. The Balaban J connectivity index is 2.76. The highest BCUT2D eigenvalue weighted by molar-refractivity contribution is 9.10. The largest absolute Gasteiger partial charge is 0.457 e. The van der Waals surface area contributed by atoms with E-state index in [-0.39, 0.29) is 5.97 Å². The number of hydrogen-bond acceptors (Lipinski definition) is 2. The molecule has 1 heterocycles. The van der Waals surface area contributed by atoms with Crippen molar-refractivity contribution in [2.45, 2.75) is 13.5 Å². The van der Waals surface area contributed by atoms with E-state index in [9.17, 15) is 4.79 Å². The van der Waals surface area contributed by atoms with Crippen LogP contribution in [0.4, 0.5) is 0 Å². The Morgan fingerprint density at radius 1 is 1.64 bits per heavy atom. The van der Waals surface area contributed by atoms with Crippen LogP contribution in [0.3, 0.4) is 0 Å².